The van der Waals surface area contributed by atoms with Crippen molar-refractivity contribution in [3.8, 4) is 16.2 Å². The molecule has 0 radical (unpaired) electrons. The molecule has 7 rings (SSSR count). The van der Waals surface area contributed by atoms with Crippen LogP contribution in [0.2, 0.25) is 0 Å². The molecule has 1 saturated carbocycles. The second-order valence-electron chi connectivity index (χ2n) is 12.0. The molecule has 3 aromatic carbocycles. The first-order valence-electron chi connectivity index (χ1n) is 16.0. The fraction of sp³-hybridized carbons (Fsp3) is 0.289. The van der Waals surface area contributed by atoms with E-state index in [4.69, 9.17) is 14.5 Å². The van der Waals surface area contributed by atoms with Crippen molar-refractivity contribution in [3.05, 3.63) is 118 Å². The van der Waals surface area contributed by atoms with Gasteiger partial charge in [0.05, 0.1) is 22.2 Å². The van der Waals surface area contributed by atoms with Crippen molar-refractivity contribution in [2.45, 2.75) is 64.3 Å². The van der Waals surface area contributed by atoms with E-state index < -0.39 is 5.63 Å². The third-order valence-electron chi connectivity index (χ3n) is 8.97. The fourth-order valence-corrected chi connectivity index (χ4v) is 7.61. The van der Waals surface area contributed by atoms with Crippen LogP contribution in [0.15, 0.2) is 105 Å². The molecule has 2 aromatic heterocycles. The first kappa shape index (κ1) is 29.2. The Labute approximate surface area is 267 Å². The first-order valence-corrected chi connectivity index (χ1v) is 16.9. The lowest BCUT2D eigenvalue weighted by Crippen LogP contribution is -2.27. The molecule has 45 heavy (non-hydrogen) atoms. The van der Waals surface area contributed by atoms with Gasteiger partial charge in [0.2, 0.25) is 5.13 Å². The SMILES string of the molecule is CCCCCCc1cc2cc(-c3cnc(N4N=C5/C(=C\c6ccccc6)CCCC5C4c4ccccc4)s3)c(=O)oc2cc1O. The average molecular weight is 616 g/mol. The number of nitrogens with zero attached hydrogens (tertiary/aromatic N) is 3. The Morgan fingerprint density at radius 2 is 1.82 bits per heavy atom. The monoisotopic (exact) mass is 615 g/mol. The lowest BCUT2D eigenvalue weighted by Gasteiger charge is -2.29. The van der Waals surface area contributed by atoms with Crippen molar-refractivity contribution in [1.82, 2.24) is 4.98 Å². The Morgan fingerprint density at radius 3 is 2.62 bits per heavy atom. The third-order valence-corrected chi connectivity index (χ3v) is 9.99. The maximum atomic E-state index is 13.2. The number of phenols is 1. The number of rotatable bonds is 9. The Kier molecular flexibility index (Phi) is 8.35. The number of hydrazone groups is 1. The highest BCUT2D eigenvalue weighted by Gasteiger charge is 2.42. The molecule has 0 spiro atoms. The highest BCUT2D eigenvalue weighted by Crippen LogP contribution is 2.47. The Morgan fingerprint density at radius 1 is 1.02 bits per heavy atom. The first-order chi connectivity index (χ1) is 22.1. The molecule has 2 atom stereocenters. The van der Waals surface area contributed by atoms with E-state index in [0.717, 1.165) is 71.6 Å². The zero-order valence-electron chi connectivity index (χ0n) is 25.5. The fourth-order valence-electron chi connectivity index (χ4n) is 6.70. The largest absolute Gasteiger partial charge is 0.508 e. The number of hydrogen-bond acceptors (Lipinski definition) is 7. The minimum atomic E-state index is -0.443. The second kappa shape index (κ2) is 12.9. The molecule has 1 aliphatic carbocycles. The van der Waals surface area contributed by atoms with Crippen LogP contribution in [-0.2, 0) is 6.42 Å². The summed E-state index contributed by atoms with van der Waals surface area (Å²) in [7, 11) is 0. The predicted molar refractivity (Wildman–Crippen MR) is 184 cm³/mol. The van der Waals surface area contributed by atoms with Crippen LogP contribution in [0.1, 0.15) is 74.6 Å². The molecule has 6 nitrogen and oxygen atoms in total. The number of unbranched alkanes of at least 4 members (excludes halogenated alkanes) is 3. The number of thiazole rings is 1. The van der Waals surface area contributed by atoms with Gasteiger partial charge < -0.3 is 9.52 Å². The smallest absolute Gasteiger partial charge is 0.345 e. The molecule has 3 heterocycles. The van der Waals surface area contributed by atoms with Crippen LogP contribution in [0, 0.1) is 5.92 Å². The van der Waals surface area contributed by atoms with Gasteiger partial charge in [0.25, 0.3) is 0 Å². The molecule has 0 bridgehead atoms. The topological polar surface area (TPSA) is 78.9 Å². The van der Waals surface area contributed by atoms with Crippen LogP contribution in [0.25, 0.3) is 27.5 Å². The van der Waals surface area contributed by atoms with Crippen molar-refractivity contribution >= 4 is 39.2 Å². The molecule has 0 amide bonds. The van der Waals surface area contributed by atoms with Crippen LogP contribution in [0.5, 0.6) is 5.75 Å². The lowest BCUT2D eigenvalue weighted by molar-refractivity contribution is 0.464. The third kappa shape index (κ3) is 5.97. The van der Waals surface area contributed by atoms with E-state index in [-0.39, 0.29) is 17.7 Å². The van der Waals surface area contributed by atoms with Gasteiger partial charge in [0.1, 0.15) is 11.3 Å². The standard InChI is InChI=1S/C38H37N3O3S/c1-2-3-4-9-17-27-21-29-22-31(37(43)44-33(29)23-32(27)42)34-24-39-38(45-34)41-36(26-15-10-6-11-16-26)30-19-12-18-28(35(30)40-41)20-25-13-7-5-8-14-25/h5-8,10-11,13-16,20-24,30,36,42H,2-4,9,12,17-19H2,1H3/b28-20-. The Hall–Kier alpha value is -4.49. The van der Waals surface area contributed by atoms with Gasteiger partial charge in [-0.25, -0.2) is 14.8 Å². The highest BCUT2D eigenvalue weighted by atomic mass is 32.1. The number of allylic oxidation sites excluding steroid dienone is 1. The van der Waals surface area contributed by atoms with Crippen molar-refractivity contribution < 1.29 is 9.52 Å². The van der Waals surface area contributed by atoms with Gasteiger partial charge in [-0.15, -0.1) is 0 Å². The quantitative estimate of drug-likeness (QED) is 0.132. The highest BCUT2D eigenvalue weighted by molar-refractivity contribution is 7.18. The molecule has 2 unspecified atom stereocenters. The van der Waals surface area contributed by atoms with Gasteiger partial charge in [0.15, 0.2) is 0 Å². The molecular weight excluding hydrogens is 579 g/mol. The van der Waals surface area contributed by atoms with Gasteiger partial charge in [0, 0.05) is 23.6 Å². The number of aromatic nitrogens is 1. The number of hydrogen-bond donors (Lipinski definition) is 1. The molecular formula is C38H37N3O3S. The number of fused-ring (bicyclic) bond motifs is 2. The average Bonchev–Trinajstić information content (AvgIpc) is 3.70. The van der Waals surface area contributed by atoms with E-state index in [1.54, 1.807) is 12.3 Å². The summed E-state index contributed by atoms with van der Waals surface area (Å²) in [4.78, 5) is 18.8. The van der Waals surface area contributed by atoms with Gasteiger partial charge in [-0.05, 0) is 72.6 Å². The van der Waals surface area contributed by atoms with Crippen LogP contribution in [0.3, 0.4) is 0 Å². The maximum absolute atomic E-state index is 13.2. The van der Waals surface area contributed by atoms with Crippen LogP contribution >= 0.6 is 11.3 Å². The number of aryl methyl sites for hydroxylation is 1. The number of aromatic hydroxyl groups is 1. The maximum Gasteiger partial charge on any atom is 0.345 e. The van der Waals surface area contributed by atoms with E-state index in [0.29, 0.717) is 11.1 Å². The van der Waals surface area contributed by atoms with Crippen molar-refractivity contribution in [3.63, 3.8) is 0 Å². The van der Waals surface area contributed by atoms with Crippen LogP contribution in [-0.4, -0.2) is 15.8 Å². The molecule has 0 saturated heterocycles. The summed E-state index contributed by atoms with van der Waals surface area (Å²) >= 11 is 1.46. The predicted octanol–water partition coefficient (Wildman–Crippen LogP) is 9.55. The summed E-state index contributed by atoms with van der Waals surface area (Å²) in [5.41, 5.74) is 6.09. The molecule has 7 heteroatoms. The summed E-state index contributed by atoms with van der Waals surface area (Å²) in [6, 6.07) is 26.4. The van der Waals surface area contributed by atoms with E-state index in [9.17, 15) is 9.90 Å². The molecule has 1 fully saturated rings. The van der Waals surface area contributed by atoms with Crippen LogP contribution < -0.4 is 10.6 Å². The van der Waals surface area contributed by atoms with Crippen molar-refractivity contribution in [2.75, 3.05) is 5.01 Å². The van der Waals surface area contributed by atoms with Crippen molar-refractivity contribution in [2.24, 2.45) is 11.0 Å². The molecule has 2 aliphatic rings. The summed E-state index contributed by atoms with van der Waals surface area (Å²) in [6.45, 7) is 2.19. The second-order valence-corrected chi connectivity index (χ2v) is 13.1. The summed E-state index contributed by atoms with van der Waals surface area (Å²) in [6.07, 6.45) is 12.5. The van der Waals surface area contributed by atoms with Crippen LogP contribution in [0.4, 0.5) is 5.13 Å². The summed E-state index contributed by atoms with van der Waals surface area (Å²) < 4.78 is 5.71. The lowest BCUT2D eigenvalue weighted by atomic mass is 9.77. The number of phenolic OH excluding ortho intramolecular Hbond substituents is 1. The van der Waals surface area contributed by atoms with Gasteiger partial charge in [-0.1, -0.05) is 98.2 Å². The Bertz CT molecular complexity index is 1930. The van der Waals surface area contributed by atoms with Gasteiger partial charge in [-0.2, -0.15) is 5.10 Å². The minimum Gasteiger partial charge on any atom is -0.508 e. The van der Waals surface area contributed by atoms with Gasteiger partial charge in [-0.3, -0.25) is 0 Å². The number of benzene rings is 3. The summed E-state index contributed by atoms with van der Waals surface area (Å²) in [5.74, 6) is 0.426. The molecule has 1 N–H and O–H groups in total. The molecule has 5 aromatic rings. The van der Waals surface area contributed by atoms with E-state index in [1.165, 1.54) is 34.5 Å². The van der Waals surface area contributed by atoms with E-state index in [1.807, 2.05) is 24.3 Å². The van der Waals surface area contributed by atoms with Crippen molar-refractivity contribution in [1.29, 1.82) is 0 Å². The van der Waals surface area contributed by atoms with E-state index in [2.05, 4.69) is 66.5 Å². The molecule has 228 valence electrons. The Balaban J connectivity index is 1.25. The minimum absolute atomic E-state index is 0.0194. The normalized spacial score (nSPS) is 18.8. The summed E-state index contributed by atoms with van der Waals surface area (Å²) in [5, 5.41) is 19.5. The zero-order valence-corrected chi connectivity index (χ0v) is 26.3. The zero-order chi connectivity index (χ0) is 30.8. The molecule has 1 aliphatic heterocycles. The van der Waals surface area contributed by atoms with E-state index >= 15 is 0 Å². The number of anilines is 1. The van der Waals surface area contributed by atoms with Gasteiger partial charge >= 0.3 is 5.63 Å².